The van der Waals surface area contributed by atoms with E-state index >= 15 is 0 Å². The van der Waals surface area contributed by atoms with Crippen LogP contribution in [0.25, 0.3) is 5.78 Å². The smallest absolute Gasteiger partial charge is 0.254 e. The fourth-order valence-corrected chi connectivity index (χ4v) is 3.46. The number of hydrogen-bond donors (Lipinski definition) is 1. The van der Waals surface area contributed by atoms with Gasteiger partial charge in [0.05, 0.1) is 0 Å². The van der Waals surface area contributed by atoms with Crippen molar-refractivity contribution in [3.05, 3.63) is 18.1 Å². The SMILES string of the molecule is Cc1cc(NCC2CCSCC2)n2ncnc2n1. The molecular formula is C12H17N5S. The van der Waals surface area contributed by atoms with Crippen LogP contribution < -0.4 is 5.32 Å². The lowest BCUT2D eigenvalue weighted by Crippen LogP contribution is -2.20. The van der Waals surface area contributed by atoms with Crippen LogP contribution in [-0.2, 0) is 0 Å². The molecule has 0 aliphatic carbocycles. The highest BCUT2D eigenvalue weighted by Gasteiger charge is 2.14. The lowest BCUT2D eigenvalue weighted by atomic mass is 10.0. The van der Waals surface area contributed by atoms with E-state index in [0.29, 0.717) is 5.78 Å². The molecule has 0 spiro atoms. The van der Waals surface area contributed by atoms with Crippen molar-refractivity contribution in [2.75, 3.05) is 23.4 Å². The zero-order valence-electron chi connectivity index (χ0n) is 10.5. The first-order valence-corrected chi connectivity index (χ1v) is 7.47. The number of rotatable bonds is 3. The van der Waals surface area contributed by atoms with Gasteiger partial charge < -0.3 is 5.32 Å². The van der Waals surface area contributed by atoms with Gasteiger partial charge in [0.2, 0.25) is 0 Å². The van der Waals surface area contributed by atoms with E-state index in [9.17, 15) is 0 Å². The lowest BCUT2D eigenvalue weighted by molar-refractivity contribution is 0.515. The van der Waals surface area contributed by atoms with Crippen LogP contribution in [0.3, 0.4) is 0 Å². The van der Waals surface area contributed by atoms with E-state index in [2.05, 4.69) is 32.1 Å². The predicted octanol–water partition coefficient (Wildman–Crippen LogP) is 1.99. The summed E-state index contributed by atoms with van der Waals surface area (Å²) in [6, 6.07) is 2.03. The van der Waals surface area contributed by atoms with Gasteiger partial charge >= 0.3 is 0 Å². The van der Waals surface area contributed by atoms with E-state index in [0.717, 1.165) is 24.0 Å². The Hall–Kier alpha value is -1.30. The van der Waals surface area contributed by atoms with Crippen molar-refractivity contribution in [3.63, 3.8) is 0 Å². The van der Waals surface area contributed by atoms with E-state index in [1.165, 1.54) is 24.3 Å². The van der Waals surface area contributed by atoms with E-state index in [1.807, 2.05) is 13.0 Å². The second-order valence-corrected chi connectivity index (χ2v) is 5.92. The molecule has 3 heterocycles. The largest absolute Gasteiger partial charge is 0.370 e. The van der Waals surface area contributed by atoms with Crippen LogP contribution in [0, 0.1) is 12.8 Å². The summed E-state index contributed by atoms with van der Waals surface area (Å²) in [6.45, 7) is 3.00. The Labute approximate surface area is 110 Å². The Balaban J connectivity index is 1.75. The van der Waals surface area contributed by atoms with Gasteiger partial charge in [0.1, 0.15) is 12.1 Å². The molecule has 1 aliphatic heterocycles. The first-order chi connectivity index (χ1) is 8.83. The highest BCUT2D eigenvalue weighted by molar-refractivity contribution is 7.99. The Morgan fingerprint density at radius 2 is 2.28 bits per heavy atom. The van der Waals surface area contributed by atoms with Crippen molar-refractivity contribution in [1.82, 2.24) is 19.6 Å². The van der Waals surface area contributed by atoms with Gasteiger partial charge in [-0.25, -0.2) is 4.98 Å². The average molecular weight is 263 g/mol. The molecule has 2 aromatic rings. The molecule has 2 aromatic heterocycles. The van der Waals surface area contributed by atoms with Crippen LogP contribution in [0.4, 0.5) is 5.82 Å². The molecule has 5 nitrogen and oxygen atoms in total. The highest BCUT2D eigenvalue weighted by atomic mass is 32.2. The quantitative estimate of drug-likeness (QED) is 0.917. The molecule has 0 amide bonds. The summed E-state index contributed by atoms with van der Waals surface area (Å²) in [7, 11) is 0. The van der Waals surface area contributed by atoms with Crippen molar-refractivity contribution in [1.29, 1.82) is 0 Å². The predicted molar refractivity (Wildman–Crippen MR) is 74.1 cm³/mol. The molecule has 0 aromatic carbocycles. The summed E-state index contributed by atoms with van der Waals surface area (Å²) in [5, 5.41) is 7.70. The lowest BCUT2D eigenvalue weighted by Gasteiger charge is -2.22. The zero-order chi connectivity index (χ0) is 12.4. The van der Waals surface area contributed by atoms with Gasteiger partial charge in [-0.15, -0.1) is 0 Å². The van der Waals surface area contributed by atoms with E-state index in [-0.39, 0.29) is 0 Å². The van der Waals surface area contributed by atoms with Crippen LogP contribution in [0.5, 0.6) is 0 Å². The van der Waals surface area contributed by atoms with Gasteiger partial charge in [-0.1, -0.05) is 0 Å². The van der Waals surface area contributed by atoms with E-state index < -0.39 is 0 Å². The molecule has 1 aliphatic rings. The molecule has 1 fully saturated rings. The average Bonchev–Trinajstić information content (AvgIpc) is 2.85. The normalized spacial score (nSPS) is 17.2. The minimum atomic E-state index is 0.664. The van der Waals surface area contributed by atoms with Gasteiger partial charge in [0.25, 0.3) is 5.78 Å². The molecule has 0 bridgehead atoms. The molecular weight excluding hydrogens is 246 g/mol. The Bertz CT molecular complexity index is 532. The van der Waals surface area contributed by atoms with Crippen molar-refractivity contribution in [2.45, 2.75) is 19.8 Å². The van der Waals surface area contributed by atoms with E-state index in [4.69, 9.17) is 0 Å². The van der Waals surface area contributed by atoms with Crippen LogP contribution in [0.1, 0.15) is 18.5 Å². The van der Waals surface area contributed by atoms with Crippen molar-refractivity contribution in [2.24, 2.45) is 5.92 Å². The van der Waals surface area contributed by atoms with Crippen LogP contribution in [0.2, 0.25) is 0 Å². The van der Waals surface area contributed by atoms with Gasteiger partial charge in [-0.05, 0) is 37.2 Å². The summed E-state index contributed by atoms with van der Waals surface area (Å²) >= 11 is 2.06. The first kappa shape index (κ1) is 11.8. The molecule has 0 radical (unpaired) electrons. The Morgan fingerprint density at radius 1 is 1.44 bits per heavy atom. The van der Waals surface area contributed by atoms with E-state index in [1.54, 1.807) is 10.8 Å². The Morgan fingerprint density at radius 3 is 3.11 bits per heavy atom. The molecule has 0 unspecified atom stereocenters. The highest BCUT2D eigenvalue weighted by Crippen LogP contribution is 2.23. The number of aromatic nitrogens is 4. The van der Waals surface area contributed by atoms with Gasteiger partial charge in [-0.3, -0.25) is 0 Å². The number of thioether (sulfide) groups is 1. The molecule has 6 heteroatoms. The van der Waals surface area contributed by atoms with Crippen molar-refractivity contribution >= 4 is 23.4 Å². The monoisotopic (exact) mass is 263 g/mol. The number of hydrogen-bond acceptors (Lipinski definition) is 5. The maximum atomic E-state index is 4.34. The molecule has 1 saturated heterocycles. The molecule has 0 atom stereocenters. The summed E-state index contributed by atoms with van der Waals surface area (Å²) in [5.41, 5.74) is 0.970. The Kier molecular flexibility index (Phi) is 3.36. The summed E-state index contributed by atoms with van der Waals surface area (Å²) in [6.07, 6.45) is 4.16. The summed E-state index contributed by atoms with van der Waals surface area (Å²) in [4.78, 5) is 8.47. The van der Waals surface area contributed by atoms with Crippen molar-refractivity contribution in [3.8, 4) is 0 Å². The number of fused-ring (bicyclic) bond motifs is 1. The van der Waals surface area contributed by atoms with Gasteiger partial charge in [-0.2, -0.15) is 26.4 Å². The first-order valence-electron chi connectivity index (χ1n) is 6.32. The standard InChI is InChI=1S/C12H17N5S/c1-9-6-11(17-12(16-9)14-8-15-17)13-7-10-2-4-18-5-3-10/h6,8,10,13H,2-5,7H2,1H3. The second kappa shape index (κ2) is 5.14. The molecule has 18 heavy (non-hydrogen) atoms. The summed E-state index contributed by atoms with van der Waals surface area (Å²) in [5.74, 6) is 5.02. The number of anilines is 1. The zero-order valence-corrected chi connectivity index (χ0v) is 11.3. The third-order valence-corrected chi connectivity index (χ3v) is 4.34. The number of nitrogens with one attached hydrogen (secondary N) is 1. The van der Waals surface area contributed by atoms with Crippen molar-refractivity contribution < 1.29 is 0 Å². The number of nitrogens with zero attached hydrogens (tertiary/aromatic N) is 4. The van der Waals surface area contributed by atoms with Gasteiger partial charge in [0, 0.05) is 18.3 Å². The third kappa shape index (κ3) is 2.43. The maximum Gasteiger partial charge on any atom is 0.254 e. The second-order valence-electron chi connectivity index (χ2n) is 4.69. The van der Waals surface area contributed by atoms with Crippen LogP contribution in [0.15, 0.2) is 12.4 Å². The molecule has 1 N–H and O–H groups in total. The topological polar surface area (TPSA) is 55.1 Å². The molecule has 0 saturated carbocycles. The number of aryl methyl sites for hydroxylation is 1. The molecule has 3 rings (SSSR count). The van der Waals surface area contributed by atoms with Crippen LogP contribution >= 0.6 is 11.8 Å². The minimum Gasteiger partial charge on any atom is -0.370 e. The fourth-order valence-electron chi connectivity index (χ4n) is 2.26. The molecule has 96 valence electrons. The summed E-state index contributed by atoms with van der Waals surface area (Å²) < 4.78 is 1.77. The third-order valence-electron chi connectivity index (χ3n) is 3.29. The fraction of sp³-hybridized carbons (Fsp3) is 0.583. The maximum absolute atomic E-state index is 4.34. The van der Waals surface area contributed by atoms with Crippen LogP contribution in [-0.4, -0.2) is 37.6 Å². The van der Waals surface area contributed by atoms with Gasteiger partial charge in [0.15, 0.2) is 0 Å². The minimum absolute atomic E-state index is 0.664.